The molecule has 4 heterocycles. The quantitative estimate of drug-likeness (QED) is 0.293. The van der Waals surface area contributed by atoms with Crippen LogP contribution >= 0.6 is 0 Å². The maximum absolute atomic E-state index is 14.1. The van der Waals surface area contributed by atoms with Crippen LogP contribution in [0.2, 0.25) is 0 Å². The lowest BCUT2D eigenvalue weighted by Gasteiger charge is -2.24. The van der Waals surface area contributed by atoms with Crippen LogP contribution in [0.25, 0.3) is 21.9 Å². The Balaban J connectivity index is 0.00000181. The summed E-state index contributed by atoms with van der Waals surface area (Å²) in [6, 6.07) is 10.2. The van der Waals surface area contributed by atoms with Gasteiger partial charge < -0.3 is 20.0 Å². The number of hydrogen-bond donors (Lipinski definition) is 1. The third-order valence-corrected chi connectivity index (χ3v) is 7.28. The maximum atomic E-state index is 14.1. The molecule has 10 heteroatoms. The largest absolute Gasteiger partial charge is 0.357 e. The van der Waals surface area contributed by atoms with E-state index in [4.69, 9.17) is 9.82 Å². The molecular weight excluding hydrogens is 504 g/mol. The van der Waals surface area contributed by atoms with Gasteiger partial charge in [-0.25, -0.2) is 4.98 Å². The van der Waals surface area contributed by atoms with E-state index in [0.29, 0.717) is 29.0 Å². The second kappa shape index (κ2) is 12.7. The highest BCUT2D eigenvalue weighted by Gasteiger charge is 2.27. The summed E-state index contributed by atoms with van der Waals surface area (Å²) in [5, 5.41) is 11.2. The number of hydrogen-bond acceptors (Lipinski definition) is 7. The lowest BCUT2D eigenvalue weighted by atomic mass is 10.2. The molecule has 2 N–H and O–H groups in total. The number of nitrogens with two attached hydrogens (primary N) is 1. The van der Waals surface area contributed by atoms with E-state index in [-0.39, 0.29) is 12.1 Å². The van der Waals surface area contributed by atoms with Crippen molar-refractivity contribution in [1.29, 1.82) is 5.26 Å². The number of nitriles is 1. The minimum atomic E-state index is -0.204. The highest BCUT2D eigenvalue weighted by molar-refractivity contribution is 5.89. The van der Waals surface area contributed by atoms with Gasteiger partial charge >= 0.3 is 5.82 Å². The Morgan fingerprint density at radius 2 is 1.88 bits per heavy atom. The molecule has 1 aliphatic rings. The normalized spacial score (nSPS) is 13.4. The molecule has 1 aliphatic heterocycles. The first-order valence-corrected chi connectivity index (χ1v) is 13.8. The third kappa shape index (κ3) is 5.42. The smallest absolute Gasteiger partial charge is 0.357 e. The second-order valence-corrected chi connectivity index (χ2v) is 10.1. The fraction of sp³-hybridized carbons (Fsp3) is 0.433. The van der Waals surface area contributed by atoms with E-state index < -0.39 is 0 Å². The summed E-state index contributed by atoms with van der Waals surface area (Å²) in [5.74, 6) is 1.39. The zero-order chi connectivity index (χ0) is 28.8. The van der Waals surface area contributed by atoms with Crippen LogP contribution in [0.4, 0.5) is 5.82 Å². The number of allylic oxidation sites excluding steroid dienone is 2. The van der Waals surface area contributed by atoms with Crippen molar-refractivity contribution < 1.29 is 9.57 Å². The number of para-hydroxylation sites is 1. The summed E-state index contributed by atoms with van der Waals surface area (Å²) in [5.41, 5.74) is 8.55. The van der Waals surface area contributed by atoms with E-state index >= 15 is 0 Å². The lowest BCUT2D eigenvalue weighted by Crippen LogP contribution is -2.49. The molecule has 4 aromatic rings. The second-order valence-electron chi connectivity index (χ2n) is 10.1. The van der Waals surface area contributed by atoms with Crippen LogP contribution < -0.4 is 25.8 Å². The van der Waals surface area contributed by atoms with E-state index in [2.05, 4.69) is 27.8 Å². The molecule has 0 amide bonds. The average Bonchev–Trinajstić information content (AvgIpc) is 3.08. The molecule has 3 aromatic heterocycles. The van der Waals surface area contributed by atoms with Gasteiger partial charge in [0.1, 0.15) is 42.1 Å². The van der Waals surface area contributed by atoms with E-state index in [1.54, 1.807) is 16.4 Å². The number of aromatic nitrogens is 5. The SMILES string of the molecule is CN.CO[n+]1c(Cn2cnc3c(C#N)c(N4CCCCCC4)n(CC=C(C)C)c3c2=O)nc2ccccc2c1C. The first kappa shape index (κ1) is 28.8. The van der Waals surface area contributed by atoms with Gasteiger partial charge in [0.2, 0.25) is 0 Å². The molecule has 40 heavy (non-hydrogen) atoms. The zero-order valence-electron chi connectivity index (χ0n) is 24.1. The molecule has 0 unspecified atom stereocenters. The van der Waals surface area contributed by atoms with Gasteiger partial charge in [0.05, 0.1) is 11.7 Å². The molecule has 0 radical (unpaired) electrons. The molecule has 1 fully saturated rings. The number of benzene rings is 1. The van der Waals surface area contributed by atoms with E-state index in [0.717, 1.165) is 53.9 Å². The molecule has 0 aliphatic carbocycles. The van der Waals surface area contributed by atoms with Crippen LogP contribution in [0, 0.1) is 18.3 Å². The van der Waals surface area contributed by atoms with Crippen LogP contribution in [0.3, 0.4) is 0 Å². The van der Waals surface area contributed by atoms with Gasteiger partial charge in [0, 0.05) is 26.6 Å². The topological polar surface area (TPSA) is 119 Å². The van der Waals surface area contributed by atoms with Crippen LogP contribution in [-0.2, 0) is 13.1 Å². The van der Waals surface area contributed by atoms with Crippen molar-refractivity contribution in [2.24, 2.45) is 5.73 Å². The van der Waals surface area contributed by atoms with E-state index in [1.807, 2.05) is 49.6 Å². The number of rotatable bonds is 6. The lowest BCUT2D eigenvalue weighted by molar-refractivity contribution is -0.895. The van der Waals surface area contributed by atoms with Crippen molar-refractivity contribution in [2.75, 3.05) is 32.1 Å². The standard InChI is InChI=1S/C29H34N7O2.CH5N/c1-20(2)13-16-35-27-26(23(17-30)28(35)33-14-9-5-6-10-15-33)31-19-34(29(27)37)18-25-32-24-12-8-7-11-22(24)21(3)36(25)38-4;1-2/h7-8,11-13,19H,5-6,9-10,14-16,18H2,1-4H3;2H2,1H3/q+1;. The van der Waals surface area contributed by atoms with Crippen molar-refractivity contribution in [1.82, 2.24) is 19.1 Å². The summed E-state index contributed by atoms with van der Waals surface area (Å²) < 4.78 is 5.20. The number of aryl methyl sites for hydroxylation is 1. The van der Waals surface area contributed by atoms with Gasteiger partial charge in [0.15, 0.2) is 11.2 Å². The molecule has 0 atom stereocenters. The summed E-state index contributed by atoms with van der Waals surface area (Å²) >= 11 is 0. The Morgan fingerprint density at radius 1 is 1.18 bits per heavy atom. The summed E-state index contributed by atoms with van der Waals surface area (Å²) in [6.07, 6.45) is 8.10. The van der Waals surface area contributed by atoms with Gasteiger partial charge in [-0.15, -0.1) is 0 Å². The zero-order valence-corrected chi connectivity index (χ0v) is 24.1. The highest BCUT2D eigenvalue weighted by Crippen LogP contribution is 2.31. The third-order valence-electron chi connectivity index (χ3n) is 7.28. The van der Waals surface area contributed by atoms with Crippen LogP contribution in [0.15, 0.2) is 47.0 Å². The number of fused-ring (bicyclic) bond motifs is 2. The number of nitrogens with zero attached hydrogens (tertiary/aromatic N) is 7. The fourth-order valence-corrected chi connectivity index (χ4v) is 5.39. The van der Waals surface area contributed by atoms with E-state index in [9.17, 15) is 10.1 Å². The molecule has 5 rings (SSSR count). The molecular formula is C30H39N8O2+. The molecule has 0 spiro atoms. The molecule has 1 aromatic carbocycles. The van der Waals surface area contributed by atoms with Crippen LogP contribution in [0.1, 0.15) is 56.6 Å². The van der Waals surface area contributed by atoms with Gasteiger partial charge in [-0.05, 0) is 55.6 Å². The highest BCUT2D eigenvalue weighted by atomic mass is 16.6. The van der Waals surface area contributed by atoms with Crippen molar-refractivity contribution in [2.45, 2.75) is 59.5 Å². The minimum Gasteiger partial charge on any atom is -0.357 e. The Labute approximate surface area is 234 Å². The Morgan fingerprint density at radius 3 is 2.52 bits per heavy atom. The van der Waals surface area contributed by atoms with Crippen LogP contribution in [-0.4, -0.2) is 46.3 Å². The Kier molecular flexibility index (Phi) is 9.17. The molecule has 0 saturated carbocycles. The van der Waals surface area contributed by atoms with Crippen LogP contribution in [0.5, 0.6) is 0 Å². The molecule has 10 nitrogen and oxygen atoms in total. The first-order valence-electron chi connectivity index (χ1n) is 13.8. The summed E-state index contributed by atoms with van der Waals surface area (Å²) in [4.78, 5) is 31.5. The summed E-state index contributed by atoms with van der Waals surface area (Å²) in [6.45, 7) is 8.45. The van der Waals surface area contributed by atoms with Gasteiger partial charge in [-0.1, -0.05) is 36.6 Å². The number of anilines is 1. The van der Waals surface area contributed by atoms with Crippen molar-refractivity contribution >= 4 is 27.8 Å². The Bertz CT molecular complexity index is 1630. The maximum Gasteiger partial charge on any atom is 0.357 e. The van der Waals surface area contributed by atoms with Gasteiger partial charge in [-0.2, -0.15) is 5.26 Å². The predicted molar refractivity (Wildman–Crippen MR) is 157 cm³/mol. The fourth-order valence-electron chi connectivity index (χ4n) is 5.39. The van der Waals surface area contributed by atoms with Crippen molar-refractivity contribution in [3.05, 3.63) is 69.7 Å². The predicted octanol–water partition coefficient (Wildman–Crippen LogP) is 3.24. The minimum absolute atomic E-state index is 0.177. The average molecular weight is 544 g/mol. The Hall–Kier alpha value is -4.23. The van der Waals surface area contributed by atoms with Gasteiger partial charge in [0.25, 0.3) is 5.56 Å². The van der Waals surface area contributed by atoms with E-state index in [1.165, 1.54) is 26.2 Å². The monoisotopic (exact) mass is 543 g/mol. The first-order chi connectivity index (χ1) is 19.4. The molecule has 1 saturated heterocycles. The molecule has 0 bridgehead atoms. The van der Waals surface area contributed by atoms with Crippen molar-refractivity contribution in [3.8, 4) is 6.07 Å². The van der Waals surface area contributed by atoms with Gasteiger partial charge in [-0.3, -0.25) is 9.36 Å². The summed E-state index contributed by atoms with van der Waals surface area (Å²) in [7, 11) is 3.09. The molecule has 210 valence electrons. The van der Waals surface area contributed by atoms with Crippen molar-refractivity contribution in [3.63, 3.8) is 0 Å².